The lowest BCUT2D eigenvalue weighted by molar-refractivity contribution is -0.145. The van der Waals surface area contributed by atoms with Gasteiger partial charge in [-0.3, -0.25) is 96.7 Å². The van der Waals surface area contributed by atoms with Gasteiger partial charge in [0.05, 0.1) is 52.4 Å². The maximum absolute atomic E-state index is 12.6. The molecule has 0 saturated carbocycles. The number of carboxylic acids is 9. The van der Waals surface area contributed by atoms with Crippen molar-refractivity contribution >= 4 is 77.2 Å². The van der Waals surface area contributed by atoms with Gasteiger partial charge < -0.3 is 88.5 Å². The van der Waals surface area contributed by atoms with E-state index in [1.807, 2.05) is 0 Å². The van der Waals surface area contributed by atoms with Crippen molar-refractivity contribution < 1.29 is 135 Å². The van der Waals surface area contributed by atoms with Crippen LogP contribution in [0.5, 0.6) is 0 Å². The predicted molar refractivity (Wildman–Crippen MR) is 343 cm³/mol. The van der Waals surface area contributed by atoms with Crippen LogP contribution >= 0.6 is 0 Å². The van der Waals surface area contributed by atoms with Crippen LogP contribution in [0.2, 0.25) is 0 Å². The standard InChI is InChI=1S/C28H49N5O11.C24H43N5O10.C8H15NO4.ClH/c1-29-18-23(35)5-3-17-44-16-2-4-22(34)6-7-24(28(42)43)33-14-12-31(20-26(38)39)10-8-30(19-25(36)37)9-11-32(13-15-33)21-27(40)41;25-5-15-39-14-1-2-19(30)3-4-20(24(37)38)29-12-10-27(17-22(33)34)8-6-26(16-21(31)32)7-9-28(11-13-29)18-23(35)36;1-8(2,3)13-7(12)9(4)5-6(10)11;/h24,29H,2-21H2,1H3,(H,36,37)(H,38,39)(H,40,41)(H,42,43);20H,1-18,25H2,(H,31,32)(H,33,34)(H,35,36)(H,37,38);5H2,1-4H3,(H,10,11);1H/p-1. The minimum absolute atomic E-state index is 0. The third-order valence-electron chi connectivity index (χ3n) is 14.7. The number of aliphatic carboxylic acids is 9. The summed E-state index contributed by atoms with van der Waals surface area (Å²) in [6.45, 7) is 8.54. The molecule has 0 radical (unpaired) electrons. The molecular weight excluding hydrogens is 1310 g/mol. The topological polar surface area (TPSA) is 499 Å². The zero-order valence-corrected chi connectivity index (χ0v) is 57.5. The number of Topliss-reactive ketones (excluding diaryl/α,β-unsaturated/α-hetero) is 3. The second-order valence-corrected chi connectivity index (χ2v) is 24.1. The quantitative estimate of drug-likeness (QED) is 0.0255. The number of hydrogen-bond donors (Lipinski definition) is 11. The van der Waals surface area contributed by atoms with Crippen LogP contribution in [-0.2, 0) is 71.7 Å². The highest BCUT2D eigenvalue weighted by atomic mass is 35.5. The first-order chi connectivity index (χ1) is 45.1. The first-order valence-electron chi connectivity index (χ1n) is 31.9. The van der Waals surface area contributed by atoms with E-state index >= 15 is 0 Å². The Morgan fingerprint density at radius 3 is 0.928 bits per heavy atom. The zero-order valence-electron chi connectivity index (χ0n) is 56.8. The zero-order chi connectivity index (χ0) is 72.8. The molecule has 0 bridgehead atoms. The van der Waals surface area contributed by atoms with E-state index in [-0.39, 0.29) is 219 Å². The lowest BCUT2D eigenvalue weighted by Crippen LogP contribution is -3.00. The predicted octanol–water partition coefficient (Wildman–Crippen LogP) is -5.41. The van der Waals surface area contributed by atoms with E-state index in [1.165, 1.54) is 7.05 Å². The lowest BCUT2D eigenvalue weighted by Gasteiger charge is -2.35. The van der Waals surface area contributed by atoms with Crippen LogP contribution in [0.1, 0.15) is 85.0 Å². The average Bonchev–Trinajstić information content (AvgIpc) is 1.34. The molecule has 36 nitrogen and oxygen atoms in total. The fraction of sp³-hybridized carbons (Fsp3) is 0.783. The normalized spacial score (nSPS) is 16.6. The van der Waals surface area contributed by atoms with Gasteiger partial charge in [0, 0.05) is 170 Å². The third kappa shape index (κ3) is 50.3. The molecule has 0 aliphatic carbocycles. The number of halogens is 1. The van der Waals surface area contributed by atoms with Gasteiger partial charge in [-0.05, 0) is 59.9 Å². The van der Waals surface area contributed by atoms with Crippen LogP contribution < -0.4 is 23.5 Å². The minimum Gasteiger partial charge on any atom is -1.00 e. The largest absolute Gasteiger partial charge is 1.00 e. The van der Waals surface area contributed by atoms with E-state index in [4.69, 9.17) is 25.1 Å². The van der Waals surface area contributed by atoms with Crippen molar-refractivity contribution in [2.24, 2.45) is 5.73 Å². The van der Waals surface area contributed by atoms with E-state index < -0.39 is 77.5 Å². The summed E-state index contributed by atoms with van der Waals surface area (Å²) < 4.78 is 15.7. The SMILES string of the molecule is CN(CC(=O)O)C(=O)OC(C)(C)C.CNCC(=O)CCCOCCCC(=O)CCC(C(=O)O)N1CCN(CC(=O)O)CCN(CC(=O)O)CCN(CC(=O)O)CC1.NCCOCCCC(=O)CCC(C(=O)O)N1CCN(CC(=O)O)CCN(CC(=O)O)CCN(CC(=O)O)CC1.[Cl-]. The number of rotatable bonds is 40. The molecule has 2 saturated heterocycles. The second-order valence-electron chi connectivity index (χ2n) is 24.1. The Balaban J connectivity index is 0. The Morgan fingerprint density at radius 2 is 0.691 bits per heavy atom. The van der Waals surface area contributed by atoms with Crippen LogP contribution in [0.25, 0.3) is 0 Å². The molecule has 2 rings (SSSR count). The first kappa shape index (κ1) is 92.4. The Hall–Kier alpha value is -6.68. The summed E-state index contributed by atoms with van der Waals surface area (Å²) in [5.41, 5.74) is 4.76. The molecule has 0 aromatic heterocycles. The molecule has 560 valence electrons. The molecule has 2 heterocycles. The number of carbonyl (C=O) groups is 13. The number of hydrogen-bond acceptors (Lipinski definition) is 26. The molecule has 2 fully saturated rings. The molecule has 2 aliphatic heterocycles. The molecular formula is C60H107ClN11O25-. The third-order valence-corrected chi connectivity index (χ3v) is 14.7. The highest BCUT2D eigenvalue weighted by Crippen LogP contribution is 2.15. The maximum atomic E-state index is 12.6. The summed E-state index contributed by atoms with van der Waals surface area (Å²) in [7, 11) is 3.08. The molecule has 0 aromatic carbocycles. The van der Waals surface area contributed by atoms with Crippen molar-refractivity contribution in [2.75, 3.05) is 204 Å². The number of likely N-dealkylation sites (N-methyl/N-ethyl adjacent to an activating group) is 2. The molecule has 12 N–H and O–H groups in total. The number of ketones is 3. The van der Waals surface area contributed by atoms with Gasteiger partial charge in [0.1, 0.15) is 41.6 Å². The van der Waals surface area contributed by atoms with Gasteiger partial charge in [-0.1, -0.05) is 0 Å². The number of nitrogens with two attached hydrogens (primary N) is 1. The van der Waals surface area contributed by atoms with E-state index in [0.29, 0.717) is 65.2 Å². The molecule has 2 aliphatic rings. The molecule has 37 heteroatoms. The van der Waals surface area contributed by atoms with Gasteiger partial charge in [0.25, 0.3) is 0 Å². The van der Waals surface area contributed by atoms with E-state index in [2.05, 4.69) is 5.32 Å². The fourth-order valence-electron chi connectivity index (χ4n) is 9.89. The summed E-state index contributed by atoms with van der Waals surface area (Å²) in [6, 6.07) is -2.07. The minimum atomic E-state index is -1.14. The summed E-state index contributed by atoms with van der Waals surface area (Å²) >= 11 is 0. The number of nitrogens with one attached hydrogen (secondary N) is 1. The lowest BCUT2D eigenvalue weighted by atomic mass is 10.0. The van der Waals surface area contributed by atoms with Crippen LogP contribution in [0, 0.1) is 0 Å². The monoisotopic (exact) mass is 1420 g/mol. The van der Waals surface area contributed by atoms with Gasteiger partial charge in [-0.15, -0.1) is 0 Å². The molecule has 0 spiro atoms. The Kier molecular flexibility index (Phi) is 50.8. The number of ether oxygens (including phenoxy) is 3. The molecule has 0 aromatic rings. The number of carbonyl (C=O) groups excluding carboxylic acids is 4. The maximum Gasteiger partial charge on any atom is 0.410 e. The highest BCUT2D eigenvalue weighted by Gasteiger charge is 2.31. The smallest absolute Gasteiger partial charge is 0.410 e. The van der Waals surface area contributed by atoms with Crippen molar-refractivity contribution in [1.82, 2.24) is 49.4 Å². The van der Waals surface area contributed by atoms with Crippen molar-refractivity contribution in [3.63, 3.8) is 0 Å². The number of carboxylic acid groups (broad SMARTS) is 9. The van der Waals surface area contributed by atoms with Gasteiger partial charge in [0.15, 0.2) is 0 Å². The van der Waals surface area contributed by atoms with Crippen LogP contribution in [-0.4, -0.2) is 389 Å². The van der Waals surface area contributed by atoms with Crippen molar-refractivity contribution in [3.05, 3.63) is 0 Å². The Morgan fingerprint density at radius 1 is 0.423 bits per heavy atom. The number of nitrogens with zero attached hydrogens (tertiary/aromatic N) is 9. The van der Waals surface area contributed by atoms with Crippen molar-refractivity contribution in [2.45, 2.75) is 103 Å². The van der Waals surface area contributed by atoms with E-state index in [0.717, 1.165) is 4.90 Å². The second kappa shape index (κ2) is 53.3. The summed E-state index contributed by atoms with van der Waals surface area (Å²) in [5, 5.41) is 87.2. The molecule has 2 unspecified atom stereocenters. The number of amides is 1. The van der Waals surface area contributed by atoms with Gasteiger partial charge in [-0.25, -0.2) is 4.79 Å². The summed E-state index contributed by atoms with van der Waals surface area (Å²) in [4.78, 5) is 165. The fourth-order valence-corrected chi connectivity index (χ4v) is 9.89. The van der Waals surface area contributed by atoms with E-state index in [9.17, 15) is 103 Å². The van der Waals surface area contributed by atoms with Crippen LogP contribution in [0.3, 0.4) is 0 Å². The first-order valence-corrected chi connectivity index (χ1v) is 31.9. The van der Waals surface area contributed by atoms with Crippen molar-refractivity contribution in [1.29, 1.82) is 0 Å². The van der Waals surface area contributed by atoms with Crippen molar-refractivity contribution in [3.8, 4) is 0 Å². The molecule has 97 heavy (non-hydrogen) atoms. The van der Waals surface area contributed by atoms with E-state index in [1.54, 1.807) is 67.0 Å². The molecule has 1 amide bonds. The average molecular weight is 1420 g/mol. The molecule has 2 atom stereocenters. The van der Waals surface area contributed by atoms with Gasteiger partial charge >= 0.3 is 59.8 Å². The van der Waals surface area contributed by atoms with Crippen LogP contribution in [0.4, 0.5) is 4.79 Å². The Bertz CT molecular complexity index is 2350. The Labute approximate surface area is 572 Å². The highest BCUT2D eigenvalue weighted by molar-refractivity contribution is 5.81. The van der Waals surface area contributed by atoms with Gasteiger partial charge in [0.2, 0.25) is 0 Å². The van der Waals surface area contributed by atoms with Gasteiger partial charge in [-0.2, -0.15) is 0 Å². The van der Waals surface area contributed by atoms with Crippen LogP contribution in [0.15, 0.2) is 0 Å². The summed E-state index contributed by atoms with van der Waals surface area (Å²) in [5.74, 6) is -9.82. The summed E-state index contributed by atoms with van der Waals surface area (Å²) in [6.07, 6.45) is 1.99.